The maximum atomic E-state index is 10.7. The molecule has 0 radical (unpaired) electrons. The Morgan fingerprint density at radius 2 is 2.05 bits per heavy atom. The van der Waals surface area contributed by atoms with E-state index < -0.39 is 0 Å². The van der Waals surface area contributed by atoms with E-state index in [1.54, 1.807) is 11.1 Å². The fraction of sp³-hybridized carbons (Fsp3) is 0.800. The minimum Gasteiger partial charge on any atom is -0.390 e. The quantitative estimate of drug-likeness (QED) is 0.734. The molecule has 1 saturated carbocycles. The summed E-state index contributed by atoms with van der Waals surface area (Å²) in [5, 5.41) is 10.7. The van der Waals surface area contributed by atoms with Crippen LogP contribution in [0, 0.1) is 22.2 Å². The number of hydrogen-bond donors (Lipinski definition) is 1. The van der Waals surface area contributed by atoms with E-state index in [-0.39, 0.29) is 28.5 Å². The molecule has 0 aromatic rings. The van der Waals surface area contributed by atoms with Crippen molar-refractivity contribution in [3.8, 4) is 0 Å². The van der Waals surface area contributed by atoms with Gasteiger partial charge in [0.25, 0.3) is 0 Å². The van der Waals surface area contributed by atoms with Gasteiger partial charge in [-0.3, -0.25) is 0 Å². The zero-order valence-electron chi connectivity index (χ0n) is 14.3. The predicted octanol–water partition coefficient (Wildman–Crippen LogP) is 4.25. The molecule has 2 fully saturated rings. The van der Waals surface area contributed by atoms with E-state index in [4.69, 9.17) is 4.74 Å². The van der Waals surface area contributed by atoms with Gasteiger partial charge in [-0.05, 0) is 55.3 Å². The second-order valence-corrected chi connectivity index (χ2v) is 9.13. The summed E-state index contributed by atoms with van der Waals surface area (Å²) in [6.45, 7) is 11.9. The maximum Gasteiger partial charge on any atom is 0.0880 e. The molecule has 22 heavy (non-hydrogen) atoms. The fourth-order valence-electron chi connectivity index (χ4n) is 6.33. The van der Waals surface area contributed by atoms with Crippen molar-refractivity contribution < 1.29 is 9.84 Å². The molecule has 2 nitrogen and oxygen atoms in total. The highest BCUT2D eigenvalue weighted by atomic mass is 16.5. The summed E-state index contributed by atoms with van der Waals surface area (Å²) >= 11 is 0. The van der Waals surface area contributed by atoms with Gasteiger partial charge in [0, 0.05) is 5.41 Å². The number of aliphatic hydroxyl groups is 1. The van der Waals surface area contributed by atoms with Crippen molar-refractivity contribution in [2.24, 2.45) is 22.2 Å². The Morgan fingerprint density at radius 3 is 2.77 bits per heavy atom. The van der Waals surface area contributed by atoms with Gasteiger partial charge >= 0.3 is 0 Å². The summed E-state index contributed by atoms with van der Waals surface area (Å²) in [6, 6.07) is 0. The van der Waals surface area contributed by atoms with Crippen LogP contribution in [0.15, 0.2) is 23.8 Å². The summed E-state index contributed by atoms with van der Waals surface area (Å²) in [4.78, 5) is 0. The standard InChI is InChI=1S/C20H30O2/c1-5-18(2)9-8-14-13(10-18)6-7-16-19(14,3)11-15-17(21)20(16,4)12-22-15/h5,15-17,21H,1,6-12H2,2-4H3. The average molecular weight is 302 g/mol. The van der Waals surface area contributed by atoms with Gasteiger partial charge in [-0.15, -0.1) is 6.58 Å². The third kappa shape index (κ3) is 1.74. The molecule has 1 saturated heterocycles. The summed E-state index contributed by atoms with van der Waals surface area (Å²) in [5.74, 6) is 0.570. The summed E-state index contributed by atoms with van der Waals surface area (Å²) < 4.78 is 6.00. The Bertz CT molecular complexity index is 550. The van der Waals surface area contributed by atoms with Gasteiger partial charge in [0.1, 0.15) is 0 Å². The molecule has 1 heterocycles. The van der Waals surface area contributed by atoms with E-state index in [0.29, 0.717) is 5.92 Å². The molecule has 3 aliphatic carbocycles. The maximum absolute atomic E-state index is 10.7. The van der Waals surface area contributed by atoms with Crippen LogP contribution in [0.5, 0.6) is 0 Å². The lowest BCUT2D eigenvalue weighted by atomic mass is 9.47. The van der Waals surface area contributed by atoms with E-state index >= 15 is 0 Å². The topological polar surface area (TPSA) is 29.5 Å². The van der Waals surface area contributed by atoms with Crippen molar-refractivity contribution in [3.05, 3.63) is 23.8 Å². The molecule has 1 N–H and O–H groups in total. The second kappa shape index (κ2) is 4.48. The van der Waals surface area contributed by atoms with Crippen LogP contribution in [0.2, 0.25) is 0 Å². The fourth-order valence-corrected chi connectivity index (χ4v) is 6.33. The highest BCUT2D eigenvalue weighted by Crippen LogP contribution is 2.65. The number of allylic oxidation sites excluding steroid dienone is 3. The molecule has 122 valence electrons. The first kappa shape index (κ1) is 15.0. The smallest absolute Gasteiger partial charge is 0.0880 e. The van der Waals surface area contributed by atoms with Gasteiger partial charge in [-0.25, -0.2) is 0 Å². The first-order valence-electron chi connectivity index (χ1n) is 8.97. The Kier molecular flexibility index (Phi) is 3.05. The van der Waals surface area contributed by atoms with Crippen LogP contribution in [-0.4, -0.2) is 23.9 Å². The molecule has 6 atom stereocenters. The number of rotatable bonds is 1. The average Bonchev–Trinajstić information content (AvgIpc) is 2.68. The van der Waals surface area contributed by atoms with Crippen LogP contribution in [0.4, 0.5) is 0 Å². The Morgan fingerprint density at radius 1 is 1.27 bits per heavy atom. The molecule has 4 aliphatic rings. The van der Waals surface area contributed by atoms with Gasteiger partial charge in [-0.2, -0.15) is 0 Å². The van der Waals surface area contributed by atoms with Crippen LogP contribution in [0.3, 0.4) is 0 Å². The molecule has 0 aromatic carbocycles. The Balaban J connectivity index is 1.75. The van der Waals surface area contributed by atoms with E-state index in [2.05, 4.69) is 33.4 Å². The molecular formula is C20H30O2. The monoisotopic (exact) mass is 302 g/mol. The zero-order valence-corrected chi connectivity index (χ0v) is 14.3. The van der Waals surface area contributed by atoms with Crippen molar-refractivity contribution >= 4 is 0 Å². The van der Waals surface area contributed by atoms with Crippen molar-refractivity contribution in [2.45, 2.75) is 71.5 Å². The summed E-state index contributed by atoms with van der Waals surface area (Å²) in [6.07, 6.45) is 9.02. The molecule has 0 amide bonds. The third-order valence-corrected chi connectivity index (χ3v) is 7.73. The van der Waals surface area contributed by atoms with Crippen LogP contribution in [0.25, 0.3) is 0 Å². The van der Waals surface area contributed by atoms with Gasteiger partial charge in [0.05, 0.1) is 18.8 Å². The lowest BCUT2D eigenvalue weighted by Gasteiger charge is -2.57. The summed E-state index contributed by atoms with van der Waals surface area (Å²) in [5.41, 5.74) is 3.90. The SMILES string of the molecule is C=CC1(C)CCC2=C(CCC3C2(C)CC2OCC3(C)C2O)C1. The van der Waals surface area contributed by atoms with Crippen LogP contribution in [-0.2, 0) is 4.74 Å². The minimum atomic E-state index is -0.269. The second-order valence-electron chi connectivity index (χ2n) is 9.13. The van der Waals surface area contributed by atoms with Crippen LogP contribution >= 0.6 is 0 Å². The van der Waals surface area contributed by atoms with Crippen LogP contribution < -0.4 is 0 Å². The van der Waals surface area contributed by atoms with Crippen molar-refractivity contribution in [1.82, 2.24) is 0 Å². The lowest BCUT2D eigenvalue weighted by Crippen LogP contribution is -2.56. The molecule has 0 aromatic heterocycles. The molecule has 2 heteroatoms. The van der Waals surface area contributed by atoms with Crippen molar-refractivity contribution in [2.75, 3.05) is 6.61 Å². The molecule has 0 spiro atoms. The van der Waals surface area contributed by atoms with E-state index in [1.807, 2.05) is 0 Å². The van der Waals surface area contributed by atoms with Gasteiger partial charge in [0.15, 0.2) is 0 Å². The number of ether oxygens (including phenoxy) is 1. The molecule has 2 bridgehead atoms. The molecule has 1 aliphatic heterocycles. The highest BCUT2D eigenvalue weighted by Gasteiger charge is 2.63. The zero-order chi connectivity index (χ0) is 15.8. The van der Waals surface area contributed by atoms with Gasteiger partial charge in [-0.1, -0.05) is 38.0 Å². The Labute approximate surface area is 134 Å². The molecule has 6 unspecified atom stereocenters. The van der Waals surface area contributed by atoms with Crippen molar-refractivity contribution in [1.29, 1.82) is 0 Å². The van der Waals surface area contributed by atoms with Crippen LogP contribution in [0.1, 0.15) is 59.3 Å². The normalized spacial score (nSPS) is 53.9. The van der Waals surface area contributed by atoms with Gasteiger partial charge < -0.3 is 9.84 Å². The van der Waals surface area contributed by atoms with E-state index in [0.717, 1.165) is 13.0 Å². The molecule has 4 rings (SSSR count). The number of aliphatic hydroxyl groups excluding tert-OH is 1. The number of fused-ring (bicyclic) bond motifs is 5. The van der Waals surface area contributed by atoms with Crippen molar-refractivity contribution in [3.63, 3.8) is 0 Å². The first-order valence-corrected chi connectivity index (χ1v) is 8.97. The van der Waals surface area contributed by atoms with Gasteiger partial charge in [0.2, 0.25) is 0 Å². The van der Waals surface area contributed by atoms with E-state index in [1.165, 1.54) is 32.1 Å². The number of hydrogen-bond acceptors (Lipinski definition) is 2. The molecular weight excluding hydrogens is 272 g/mol. The summed E-state index contributed by atoms with van der Waals surface area (Å²) in [7, 11) is 0. The van der Waals surface area contributed by atoms with E-state index in [9.17, 15) is 5.11 Å². The Hall–Kier alpha value is -0.600. The predicted molar refractivity (Wildman–Crippen MR) is 88.5 cm³/mol. The largest absolute Gasteiger partial charge is 0.390 e. The highest BCUT2D eigenvalue weighted by molar-refractivity contribution is 5.34. The minimum absolute atomic E-state index is 0.0462. The first-order chi connectivity index (χ1) is 10.3. The lowest BCUT2D eigenvalue weighted by molar-refractivity contribution is -0.0856. The third-order valence-electron chi connectivity index (χ3n) is 7.73.